The van der Waals surface area contributed by atoms with E-state index in [1.807, 2.05) is 31.3 Å². The van der Waals surface area contributed by atoms with Gasteiger partial charge in [-0.2, -0.15) is 0 Å². The van der Waals surface area contributed by atoms with Gasteiger partial charge in [0.2, 0.25) is 0 Å². The molecule has 21 heavy (non-hydrogen) atoms. The summed E-state index contributed by atoms with van der Waals surface area (Å²) in [6, 6.07) is 14.3. The van der Waals surface area contributed by atoms with Crippen molar-refractivity contribution in [1.82, 2.24) is 5.32 Å². The van der Waals surface area contributed by atoms with Crippen LogP contribution in [0.5, 0.6) is 11.5 Å². The maximum Gasteiger partial charge on any atom is 0.133 e. The first kappa shape index (κ1) is 14.4. The molecule has 0 aliphatic carbocycles. The number of fused-ring (bicyclic) bond motifs is 1. The number of ether oxygens (including phenoxy) is 2. The summed E-state index contributed by atoms with van der Waals surface area (Å²) in [4.78, 5) is 0. The molecule has 2 aromatic carbocycles. The van der Waals surface area contributed by atoms with E-state index in [4.69, 9.17) is 9.47 Å². The summed E-state index contributed by atoms with van der Waals surface area (Å²) in [5.41, 5.74) is 2.46. The van der Waals surface area contributed by atoms with Gasteiger partial charge < -0.3 is 14.8 Å². The molecule has 0 radical (unpaired) electrons. The molecule has 0 amide bonds. The molecule has 2 aromatic rings. The van der Waals surface area contributed by atoms with Crippen molar-refractivity contribution in [3.8, 4) is 11.5 Å². The highest BCUT2D eigenvalue weighted by Gasteiger charge is 2.24. The molecule has 3 rings (SSSR count). The Bertz CT molecular complexity index is 630. The molecule has 1 unspecified atom stereocenters. The van der Waals surface area contributed by atoms with Crippen molar-refractivity contribution >= 4 is 15.9 Å². The number of hydrogen-bond acceptors (Lipinski definition) is 3. The van der Waals surface area contributed by atoms with Crippen LogP contribution >= 0.6 is 15.9 Å². The smallest absolute Gasteiger partial charge is 0.133 e. The number of para-hydroxylation sites is 1. The van der Waals surface area contributed by atoms with Gasteiger partial charge in [0.15, 0.2) is 0 Å². The monoisotopic (exact) mass is 347 g/mol. The second-order valence-corrected chi connectivity index (χ2v) is 6.01. The third-order valence-corrected chi connectivity index (χ3v) is 4.24. The standard InChI is InChI=1S/C17H18BrNO2/c1-19-9-12-6-7-17(15(18)8-12)21-11-13-10-20-16-5-3-2-4-14(13)16/h2-8,13,19H,9-11H2,1H3. The quantitative estimate of drug-likeness (QED) is 0.893. The third-order valence-electron chi connectivity index (χ3n) is 3.62. The van der Waals surface area contributed by atoms with E-state index >= 15 is 0 Å². The van der Waals surface area contributed by atoms with E-state index < -0.39 is 0 Å². The van der Waals surface area contributed by atoms with Crippen LogP contribution in [0.3, 0.4) is 0 Å². The molecular formula is C17H18BrNO2. The van der Waals surface area contributed by atoms with E-state index in [2.05, 4.69) is 39.4 Å². The van der Waals surface area contributed by atoms with Crippen molar-refractivity contribution in [2.75, 3.05) is 20.3 Å². The zero-order valence-electron chi connectivity index (χ0n) is 11.9. The van der Waals surface area contributed by atoms with Gasteiger partial charge in [-0.15, -0.1) is 0 Å². The molecule has 1 N–H and O–H groups in total. The van der Waals surface area contributed by atoms with Gasteiger partial charge in [-0.25, -0.2) is 0 Å². The van der Waals surface area contributed by atoms with Crippen molar-refractivity contribution in [3.05, 3.63) is 58.1 Å². The fourth-order valence-corrected chi connectivity index (χ4v) is 3.07. The fraction of sp³-hybridized carbons (Fsp3) is 0.294. The Balaban J connectivity index is 1.66. The minimum Gasteiger partial charge on any atom is -0.493 e. The van der Waals surface area contributed by atoms with Crippen LogP contribution in [-0.4, -0.2) is 20.3 Å². The molecule has 0 aromatic heterocycles. The Morgan fingerprint density at radius 2 is 2.14 bits per heavy atom. The van der Waals surface area contributed by atoms with Gasteiger partial charge in [0.05, 0.1) is 23.6 Å². The summed E-state index contributed by atoms with van der Waals surface area (Å²) in [6.07, 6.45) is 0. The van der Waals surface area contributed by atoms with Crippen LogP contribution in [0.4, 0.5) is 0 Å². The maximum absolute atomic E-state index is 5.96. The Morgan fingerprint density at radius 1 is 1.29 bits per heavy atom. The van der Waals surface area contributed by atoms with Crippen LogP contribution in [0, 0.1) is 0 Å². The molecule has 1 atom stereocenters. The minimum atomic E-state index is 0.296. The lowest BCUT2D eigenvalue weighted by Crippen LogP contribution is -2.12. The molecule has 0 fully saturated rings. The first-order valence-corrected chi connectivity index (χ1v) is 7.85. The zero-order chi connectivity index (χ0) is 14.7. The van der Waals surface area contributed by atoms with Crippen molar-refractivity contribution < 1.29 is 9.47 Å². The Morgan fingerprint density at radius 3 is 2.95 bits per heavy atom. The largest absolute Gasteiger partial charge is 0.493 e. The van der Waals surface area contributed by atoms with Crippen LogP contribution in [-0.2, 0) is 6.54 Å². The lowest BCUT2D eigenvalue weighted by molar-refractivity contribution is 0.247. The van der Waals surface area contributed by atoms with Crippen molar-refractivity contribution in [3.63, 3.8) is 0 Å². The summed E-state index contributed by atoms with van der Waals surface area (Å²) < 4.78 is 12.6. The number of nitrogens with one attached hydrogen (secondary N) is 1. The first-order chi connectivity index (χ1) is 10.3. The zero-order valence-corrected chi connectivity index (χ0v) is 13.5. The van der Waals surface area contributed by atoms with E-state index in [-0.39, 0.29) is 0 Å². The van der Waals surface area contributed by atoms with Gasteiger partial charge in [0.1, 0.15) is 11.5 Å². The summed E-state index contributed by atoms with van der Waals surface area (Å²) in [7, 11) is 1.94. The lowest BCUT2D eigenvalue weighted by atomic mass is 10.0. The number of benzene rings is 2. The van der Waals surface area contributed by atoms with E-state index in [9.17, 15) is 0 Å². The Hall–Kier alpha value is -1.52. The second-order valence-electron chi connectivity index (χ2n) is 5.15. The third kappa shape index (κ3) is 3.22. The second kappa shape index (κ2) is 6.50. The highest BCUT2D eigenvalue weighted by Crippen LogP contribution is 2.34. The van der Waals surface area contributed by atoms with Gasteiger partial charge in [0.25, 0.3) is 0 Å². The highest BCUT2D eigenvalue weighted by atomic mass is 79.9. The minimum absolute atomic E-state index is 0.296. The Kier molecular flexibility index (Phi) is 4.46. The molecule has 3 nitrogen and oxygen atoms in total. The van der Waals surface area contributed by atoms with E-state index in [1.165, 1.54) is 11.1 Å². The van der Waals surface area contributed by atoms with Crippen LogP contribution in [0.15, 0.2) is 46.9 Å². The molecule has 1 heterocycles. The molecule has 0 saturated heterocycles. The summed E-state index contributed by atoms with van der Waals surface area (Å²) in [5, 5.41) is 3.14. The number of hydrogen-bond donors (Lipinski definition) is 1. The molecule has 0 saturated carbocycles. The topological polar surface area (TPSA) is 30.5 Å². The average molecular weight is 348 g/mol. The van der Waals surface area contributed by atoms with E-state index in [0.717, 1.165) is 22.5 Å². The van der Waals surface area contributed by atoms with Crippen LogP contribution in [0.25, 0.3) is 0 Å². The fourth-order valence-electron chi connectivity index (χ4n) is 2.53. The SMILES string of the molecule is CNCc1ccc(OCC2COc3ccccc32)c(Br)c1. The predicted octanol–water partition coefficient (Wildman–Crippen LogP) is 3.72. The Labute approximate surface area is 133 Å². The van der Waals surface area contributed by atoms with Crippen LogP contribution in [0.1, 0.15) is 17.0 Å². The molecule has 0 spiro atoms. The van der Waals surface area contributed by atoms with Crippen LogP contribution in [0.2, 0.25) is 0 Å². The van der Waals surface area contributed by atoms with Crippen molar-refractivity contribution in [2.45, 2.75) is 12.5 Å². The maximum atomic E-state index is 5.96. The van der Waals surface area contributed by atoms with E-state index in [1.54, 1.807) is 0 Å². The summed E-state index contributed by atoms with van der Waals surface area (Å²) in [5.74, 6) is 2.15. The van der Waals surface area contributed by atoms with Crippen molar-refractivity contribution in [2.24, 2.45) is 0 Å². The molecule has 1 aliphatic rings. The highest BCUT2D eigenvalue weighted by molar-refractivity contribution is 9.10. The molecule has 4 heteroatoms. The van der Waals surface area contributed by atoms with Crippen molar-refractivity contribution in [1.29, 1.82) is 0 Å². The van der Waals surface area contributed by atoms with E-state index in [0.29, 0.717) is 19.1 Å². The van der Waals surface area contributed by atoms with Gasteiger partial charge in [0, 0.05) is 12.1 Å². The predicted molar refractivity (Wildman–Crippen MR) is 87.1 cm³/mol. The first-order valence-electron chi connectivity index (χ1n) is 7.05. The van der Waals surface area contributed by atoms with Gasteiger partial charge in [-0.1, -0.05) is 24.3 Å². The van der Waals surface area contributed by atoms with Gasteiger partial charge in [-0.05, 0) is 46.7 Å². The summed E-state index contributed by atoms with van der Waals surface area (Å²) in [6.45, 7) is 2.17. The average Bonchev–Trinajstić information content (AvgIpc) is 2.90. The molecule has 0 bridgehead atoms. The van der Waals surface area contributed by atoms with Gasteiger partial charge in [-0.3, -0.25) is 0 Å². The normalized spacial score (nSPS) is 16.4. The molecule has 1 aliphatic heterocycles. The summed E-state index contributed by atoms with van der Waals surface area (Å²) >= 11 is 3.57. The van der Waals surface area contributed by atoms with Crippen LogP contribution < -0.4 is 14.8 Å². The van der Waals surface area contributed by atoms with Gasteiger partial charge >= 0.3 is 0 Å². The molecule has 110 valence electrons. The number of halogens is 1. The molecular weight excluding hydrogens is 330 g/mol. The number of rotatable bonds is 5. The lowest BCUT2D eigenvalue weighted by Gasteiger charge is -2.13.